The van der Waals surface area contributed by atoms with Crippen LogP contribution in [0.15, 0.2) is 0 Å². The maximum atomic E-state index is 9.47. The Hall–Kier alpha value is 0.430. The molecule has 0 atom stereocenters. The van der Waals surface area contributed by atoms with Gasteiger partial charge in [-0.25, -0.2) is 22.8 Å². The fourth-order valence-corrected chi connectivity index (χ4v) is 0.329. The van der Waals surface area contributed by atoms with E-state index in [4.69, 9.17) is 60.4 Å². The summed E-state index contributed by atoms with van der Waals surface area (Å²) in [7, 11) is -16.0. The quantitative estimate of drug-likeness (QED) is 0.0870. The Labute approximate surface area is 212 Å². The van der Waals surface area contributed by atoms with Gasteiger partial charge in [0.05, 0.1) is 0 Å². The number of phosphoric ester groups is 5. The Kier molecular flexibility index (Phi) is 38.0. The minimum Gasteiger partial charge on any atom is -0.329 e. The first-order valence-corrected chi connectivity index (χ1v) is 16.0. The summed E-state index contributed by atoms with van der Waals surface area (Å²) in [4.78, 5) is 77.2. The molecule has 0 aliphatic carbocycles. The highest BCUT2D eigenvalue weighted by Gasteiger charge is 2.09. The third kappa shape index (κ3) is 114. The molecule has 0 saturated heterocycles. The van der Waals surface area contributed by atoms with Gasteiger partial charge in [0.25, 0.3) is 0 Å². The van der Waals surface area contributed by atoms with Gasteiger partial charge in [0, 0.05) is 61.7 Å². The number of nitrogens with one attached hydrogen (secondary N) is 1. The predicted octanol–water partition coefficient (Wildman–Crippen LogP) is -2.88. The Morgan fingerprint density at radius 2 is 0.568 bits per heavy atom. The first-order chi connectivity index (χ1) is 16.2. The van der Waals surface area contributed by atoms with Gasteiger partial charge in [0.2, 0.25) is 0 Å². The van der Waals surface area contributed by atoms with Crippen molar-refractivity contribution in [3.05, 3.63) is 0 Å². The van der Waals surface area contributed by atoms with E-state index in [-0.39, 0.29) is 0 Å². The zero-order valence-corrected chi connectivity index (χ0v) is 24.7. The molecule has 0 aromatic rings. The predicted molar refractivity (Wildman–Crippen MR) is 126 cm³/mol. The molecule has 0 amide bonds. The normalized spacial score (nSPS) is 11.4. The molecule has 0 aliphatic rings. The van der Waals surface area contributed by atoms with Crippen LogP contribution in [0.4, 0.5) is 0 Å². The molecule has 37 heavy (non-hydrogen) atoms. The second kappa shape index (κ2) is 28.0. The van der Waals surface area contributed by atoms with E-state index in [0.29, 0.717) is 13.1 Å². The molecule has 28 heteroatoms. The van der Waals surface area contributed by atoms with Crippen LogP contribution in [-0.4, -0.2) is 111 Å². The topological polar surface area (TPSA) is 398 Å². The van der Waals surface area contributed by atoms with E-state index >= 15 is 0 Å². The Morgan fingerprint density at radius 1 is 0.459 bits per heavy atom. The molecule has 0 unspecified atom stereocenters. The molecular weight excluding hydrogens is 625 g/mol. The van der Waals surface area contributed by atoms with Gasteiger partial charge >= 0.3 is 39.1 Å². The monoisotopic (exact) mass is 663 g/mol. The van der Waals surface area contributed by atoms with Crippen molar-refractivity contribution < 1.29 is 94.4 Å². The molecule has 0 rings (SSSR count). The molecule has 0 saturated carbocycles. The van der Waals surface area contributed by atoms with Crippen LogP contribution in [0, 0.1) is 0 Å². The van der Waals surface area contributed by atoms with E-state index in [2.05, 4.69) is 27.9 Å². The number of nitrogens with two attached hydrogens (primary N) is 2. The maximum Gasteiger partial charge on any atom is 0.469 e. The van der Waals surface area contributed by atoms with Gasteiger partial charge in [-0.15, -0.1) is 0 Å². The first-order valence-electron chi connectivity index (χ1n) is 8.39. The van der Waals surface area contributed by atoms with E-state index in [1.807, 2.05) is 0 Å². The molecule has 23 nitrogen and oxygen atoms in total. The maximum absolute atomic E-state index is 9.47. The van der Waals surface area contributed by atoms with Crippen molar-refractivity contribution in [2.24, 2.45) is 11.5 Å². The van der Waals surface area contributed by atoms with Gasteiger partial charge in [-0.3, -0.25) is 22.6 Å². The van der Waals surface area contributed by atoms with Crippen molar-refractivity contribution in [3.8, 4) is 0 Å². The number of hydrogen-bond acceptors (Lipinski definition) is 13. The lowest BCUT2D eigenvalue weighted by Crippen LogP contribution is -2.27. The van der Waals surface area contributed by atoms with Crippen LogP contribution in [0.1, 0.15) is 0 Å². The summed E-state index contributed by atoms with van der Waals surface area (Å²) < 4.78 is 65.4. The minimum absolute atomic E-state index is 0.694. The fourth-order valence-electron chi connectivity index (χ4n) is 0.329. The Morgan fingerprint density at radius 3 is 0.622 bits per heavy atom. The summed E-state index contributed by atoms with van der Waals surface area (Å²) in [5.41, 5.74) is 10.3. The third-order valence-corrected chi connectivity index (χ3v) is 4.21. The van der Waals surface area contributed by atoms with Gasteiger partial charge < -0.3 is 65.7 Å². The Bertz CT molecular complexity index is 579. The summed E-state index contributed by atoms with van der Waals surface area (Å²) >= 11 is 0. The van der Waals surface area contributed by atoms with Crippen LogP contribution >= 0.6 is 39.1 Å². The molecule has 0 heterocycles. The summed E-state index contributed by atoms with van der Waals surface area (Å²) in [5, 5.41) is 3.03. The zero-order valence-electron chi connectivity index (χ0n) is 20.3. The second-order valence-corrected chi connectivity index (χ2v) is 11.4. The lowest BCUT2D eigenvalue weighted by Gasteiger charge is -1.95. The molecule has 0 fully saturated rings. The highest BCUT2D eigenvalue weighted by atomic mass is 31.2. The van der Waals surface area contributed by atoms with E-state index in [1.165, 1.54) is 0 Å². The largest absolute Gasteiger partial charge is 0.469 e. The van der Waals surface area contributed by atoms with E-state index < -0.39 is 39.1 Å². The average Bonchev–Trinajstić information content (AvgIpc) is 2.74. The SMILES string of the molecule is COP(=O)(O)O.COP(=O)(O)O.COP(=O)(O)O.COP(=O)(O)O.COP(=O)(O)O.NCCNCCN. The lowest BCUT2D eigenvalue weighted by atomic mass is 10.6. The van der Waals surface area contributed by atoms with Crippen molar-refractivity contribution in [2.45, 2.75) is 0 Å². The second-order valence-electron chi connectivity index (χ2n) is 4.69. The first kappa shape index (κ1) is 50.3. The van der Waals surface area contributed by atoms with Gasteiger partial charge in [0.1, 0.15) is 0 Å². The highest BCUT2D eigenvalue weighted by molar-refractivity contribution is 7.47. The van der Waals surface area contributed by atoms with Gasteiger partial charge in [-0.05, 0) is 0 Å². The molecule has 0 aliphatic heterocycles. The number of hydrogen-bond donors (Lipinski definition) is 13. The van der Waals surface area contributed by atoms with Crippen LogP contribution in [0.2, 0.25) is 0 Å². The number of phosphoric acid groups is 5. The third-order valence-electron chi connectivity index (χ3n) is 1.83. The van der Waals surface area contributed by atoms with Crippen molar-refractivity contribution in [1.82, 2.24) is 5.32 Å². The molecule has 0 radical (unpaired) electrons. The smallest absolute Gasteiger partial charge is 0.329 e. The fraction of sp³-hybridized carbons (Fsp3) is 1.00. The average molecular weight is 663 g/mol. The molecule has 15 N–H and O–H groups in total. The molecule has 0 aromatic heterocycles. The Balaban J connectivity index is -0.0000000780. The summed E-state index contributed by atoms with van der Waals surface area (Å²) in [5.74, 6) is 0. The summed E-state index contributed by atoms with van der Waals surface area (Å²) in [6.45, 7) is 3.13. The molecule has 0 spiro atoms. The van der Waals surface area contributed by atoms with Crippen LogP contribution in [-0.2, 0) is 45.4 Å². The van der Waals surface area contributed by atoms with E-state index in [1.54, 1.807) is 0 Å². The van der Waals surface area contributed by atoms with Crippen LogP contribution in [0.5, 0.6) is 0 Å². The van der Waals surface area contributed by atoms with Crippen molar-refractivity contribution in [1.29, 1.82) is 0 Å². The van der Waals surface area contributed by atoms with Gasteiger partial charge in [-0.1, -0.05) is 0 Å². The van der Waals surface area contributed by atoms with Gasteiger partial charge in [0.15, 0.2) is 0 Å². The van der Waals surface area contributed by atoms with Crippen LogP contribution < -0.4 is 16.8 Å². The lowest BCUT2D eigenvalue weighted by molar-refractivity contribution is 0.233. The highest BCUT2D eigenvalue weighted by Crippen LogP contribution is 2.35. The van der Waals surface area contributed by atoms with Crippen molar-refractivity contribution in [2.75, 3.05) is 61.7 Å². The standard InChI is InChI=1S/C4H13N3.5CH5O4P/c5-1-3-7-4-2-6;5*1-5-6(2,3)4/h7H,1-6H2;5*1H3,(H2,2,3,4). The molecule has 234 valence electrons. The minimum atomic E-state index is -4.15. The van der Waals surface area contributed by atoms with E-state index in [9.17, 15) is 22.8 Å². The van der Waals surface area contributed by atoms with Crippen molar-refractivity contribution >= 4 is 39.1 Å². The van der Waals surface area contributed by atoms with Crippen molar-refractivity contribution in [3.63, 3.8) is 0 Å². The number of rotatable bonds is 9. The zero-order chi connectivity index (χ0) is 31.6. The molecular formula is C9H38N3O20P5. The van der Waals surface area contributed by atoms with Crippen LogP contribution in [0.25, 0.3) is 0 Å². The van der Waals surface area contributed by atoms with E-state index in [0.717, 1.165) is 48.6 Å². The van der Waals surface area contributed by atoms with Crippen LogP contribution in [0.3, 0.4) is 0 Å². The molecule has 0 aromatic carbocycles. The van der Waals surface area contributed by atoms with Gasteiger partial charge in [-0.2, -0.15) is 0 Å². The summed E-state index contributed by atoms with van der Waals surface area (Å²) in [6.07, 6.45) is 0. The summed E-state index contributed by atoms with van der Waals surface area (Å²) in [6, 6.07) is 0. The molecule has 0 bridgehead atoms.